The molecule has 1 heterocycles. The van der Waals surface area contributed by atoms with Gasteiger partial charge in [-0.25, -0.2) is 14.6 Å². The molecule has 7 heteroatoms. The molecule has 0 aromatic heterocycles. The van der Waals surface area contributed by atoms with Crippen LogP contribution in [0.25, 0.3) is 0 Å². The Labute approximate surface area is 173 Å². The number of hydrogen-bond donors (Lipinski definition) is 0. The summed E-state index contributed by atoms with van der Waals surface area (Å²) in [4.78, 5) is 30.2. The molecule has 150 valence electrons. The highest BCUT2D eigenvalue weighted by atomic mass is 79.9. The molecule has 1 aliphatic carbocycles. The van der Waals surface area contributed by atoms with E-state index < -0.39 is 17.5 Å². The van der Waals surface area contributed by atoms with Crippen molar-refractivity contribution < 1.29 is 23.8 Å². The summed E-state index contributed by atoms with van der Waals surface area (Å²) in [5.74, 6) is -1.14. The maximum Gasteiger partial charge on any atom is 0.344 e. The summed E-state index contributed by atoms with van der Waals surface area (Å²) < 4.78 is 16.3. The Kier molecular flexibility index (Phi) is 6.54. The normalized spacial score (nSPS) is 24.2. The Morgan fingerprint density at radius 2 is 1.75 bits per heavy atom. The van der Waals surface area contributed by atoms with Crippen molar-refractivity contribution in [1.82, 2.24) is 0 Å². The number of aliphatic imine (C=N–C) groups is 1. The van der Waals surface area contributed by atoms with Crippen molar-refractivity contribution in [3.05, 3.63) is 47.0 Å². The minimum atomic E-state index is -1.22. The van der Waals surface area contributed by atoms with Gasteiger partial charge in [-0.2, -0.15) is 0 Å². The van der Waals surface area contributed by atoms with Crippen LogP contribution in [0.4, 0.5) is 0 Å². The number of carbonyl (C=O) groups is 2. The van der Waals surface area contributed by atoms with Crippen LogP contribution in [0.3, 0.4) is 0 Å². The quantitative estimate of drug-likeness (QED) is 0.506. The molecule has 2 aliphatic rings. The Bertz CT molecular complexity index is 798. The molecule has 1 atom stereocenters. The number of benzene rings is 1. The van der Waals surface area contributed by atoms with Gasteiger partial charge in [0.1, 0.15) is 11.1 Å². The molecule has 1 saturated carbocycles. The van der Waals surface area contributed by atoms with Gasteiger partial charge in [-0.1, -0.05) is 65.5 Å². The molecule has 6 nitrogen and oxygen atoms in total. The highest BCUT2D eigenvalue weighted by Gasteiger charge is 2.53. The van der Waals surface area contributed by atoms with Crippen LogP contribution in [0.1, 0.15) is 37.7 Å². The van der Waals surface area contributed by atoms with Gasteiger partial charge in [0.05, 0.1) is 25.6 Å². The molecule has 0 radical (unpaired) electrons. The summed E-state index contributed by atoms with van der Waals surface area (Å²) >= 11 is 3.49. The fraction of sp³-hybridized carbons (Fsp3) is 0.476. The number of carbonyl (C=O) groups excluding carboxylic acids is 2. The first-order valence-electron chi connectivity index (χ1n) is 9.37. The number of methoxy groups -OCH3 is 2. The molecular weight excluding hydrogens is 426 g/mol. The van der Waals surface area contributed by atoms with Gasteiger partial charge in [-0.3, -0.25) is 0 Å². The fourth-order valence-corrected chi connectivity index (χ4v) is 4.50. The second-order valence-electron chi connectivity index (χ2n) is 6.89. The molecule has 0 amide bonds. The van der Waals surface area contributed by atoms with E-state index in [2.05, 4.69) is 15.9 Å². The second kappa shape index (κ2) is 8.90. The average Bonchev–Trinajstić information content (AvgIpc) is 3.09. The molecule has 0 spiro atoms. The topological polar surface area (TPSA) is 74.2 Å². The summed E-state index contributed by atoms with van der Waals surface area (Å²) in [6.45, 7) is 0. The monoisotopic (exact) mass is 449 g/mol. The van der Waals surface area contributed by atoms with Gasteiger partial charge in [0, 0.05) is 5.56 Å². The molecule has 1 aromatic rings. The Balaban J connectivity index is 2.20. The molecule has 0 saturated heterocycles. The third-order valence-electron chi connectivity index (χ3n) is 5.22. The predicted molar refractivity (Wildman–Crippen MR) is 108 cm³/mol. The fourth-order valence-electron chi connectivity index (χ4n) is 3.79. The van der Waals surface area contributed by atoms with E-state index in [-0.39, 0.29) is 28.4 Å². The first-order chi connectivity index (χ1) is 13.6. The van der Waals surface area contributed by atoms with Crippen molar-refractivity contribution in [2.45, 2.75) is 43.7 Å². The summed E-state index contributed by atoms with van der Waals surface area (Å²) in [5.41, 5.74) is -0.337. The van der Waals surface area contributed by atoms with Crippen molar-refractivity contribution >= 4 is 33.8 Å². The van der Waals surface area contributed by atoms with E-state index >= 15 is 0 Å². The smallest absolute Gasteiger partial charge is 0.344 e. The summed E-state index contributed by atoms with van der Waals surface area (Å²) in [7, 11) is 2.56. The molecular formula is C21H24BrNO5. The van der Waals surface area contributed by atoms with Crippen LogP contribution < -0.4 is 0 Å². The zero-order valence-corrected chi connectivity index (χ0v) is 17.7. The molecule has 1 unspecified atom stereocenters. The number of ether oxygens (including phenoxy) is 3. The van der Waals surface area contributed by atoms with Gasteiger partial charge in [0.2, 0.25) is 5.90 Å². The Morgan fingerprint density at radius 1 is 1.11 bits per heavy atom. The van der Waals surface area contributed by atoms with Crippen LogP contribution in [0.15, 0.2) is 46.5 Å². The van der Waals surface area contributed by atoms with Gasteiger partial charge in [0.15, 0.2) is 5.60 Å². The lowest BCUT2D eigenvalue weighted by molar-refractivity contribution is -0.139. The third-order valence-corrected chi connectivity index (χ3v) is 6.01. The number of esters is 2. The maximum atomic E-state index is 12.8. The van der Waals surface area contributed by atoms with Crippen molar-refractivity contribution in [3.63, 3.8) is 0 Å². The third kappa shape index (κ3) is 3.72. The van der Waals surface area contributed by atoms with Crippen molar-refractivity contribution in [3.8, 4) is 0 Å². The van der Waals surface area contributed by atoms with Crippen LogP contribution in [-0.4, -0.2) is 43.4 Å². The van der Waals surface area contributed by atoms with E-state index in [0.29, 0.717) is 0 Å². The largest absolute Gasteiger partial charge is 0.466 e. The van der Waals surface area contributed by atoms with Crippen LogP contribution in [0.2, 0.25) is 0 Å². The van der Waals surface area contributed by atoms with Gasteiger partial charge < -0.3 is 14.2 Å². The predicted octanol–water partition coefficient (Wildman–Crippen LogP) is 3.68. The van der Waals surface area contributed by atoms with Crippen molar-refractivity contribution in [1.29, 1.82) is 0 Å². The zero-order valence-electron chi connectivity index (χ0n) is 16.1. The minimum absolute atomic E-state index is 0.0447. The number of halogens is 1. The standard InChI is InChI=1S/C21H24BrNO5/c1-26-19(24)16-17(20(25)27-2)21(13-22,14-9-5-3-6-10-14)28-18(16)23-15-11-7-4-8-12-15/h3,5-6,9-10,15H,4,7-8,11-13H2,1-2H3. The molecule has 0 bridgehead atoms. The first-order valence-corrected chi connectivity index (χ1v) is 10.5. The van der Waals surface area contributed by atoms with Gasteiger partial charge in [-0.15, -0.1) is 0 Å². The van der Waals surface area contributed by atoms with Gasteiger partial charge in [0.25, 0.3) is 0 Å². The first kappa shape index (κ1) is 20.6. The zero-order chi connectivity index (χ0) is 20.1. The van der Waals surface area contributed by atoms with Crippen LogP contribution in [0, 0.1) is 0 Å². The Morgan fingerprint density at radius 3 is 2.32 bits per heavy atom. The van der Waals surface area contributed by atoms with E-state index in [1.807, 2.05) is 30.3 Å². The highest BCUT2D eigenvalue weighted by Crippen LogP contribution is 2.44. The molecule has 3 rings (SSSR count). The molecule has 1 fully saturated rings. The Hall–Kier alpha value is -2.15. The number of rotatable bonds is 5. The summed E-state index contributed by atoms with van der Waals surface area (Å²) in [5, 5.41) is 0.249. The second-order valence-corrected chi connectivity index (χ2v) is 7.45. The maximum absolute atomic E-state index is 12.8. The van der Waals surface area contributed by atoms with Crippen molar-refractivity contribution in [2.24, 2.45) is 4.99 Å². The number of nitrogens with zero attached hydrogens (tertiary/aromatic N) is 1. The lowest BCUT2D eigenvalue weighted by atomic mass is 9.86. The highest BCUT2D eigenvalue weighted by molar-refractivity contribution is 9.09. The van der Waals surface area contributed by atoms with E-state index in [4.69, 9.17) is 19.2 Å². The minimum Gasteiger partial charge on any atom is -0.466 e. The van der Waals surface area contributed by atoms with E-state index in [9.17, 15) is 9.59 Å². The SMILES string of the molecule is COC(=O)C1=C(C(=O)OC)C(CBr)(c2ccccc2)OC1=NC1CCCCC1. The van der Waals surface area contributed by atoms with Crippen LogP contribution in [0.5, 0.6) is 0 Å². The lowest BCUT2D eigenvalue weighted by Crippen LogP contribution is -2.35. The lowest BCUT2D eigenvalue weighted by Gasteiger charge is -2.29. The van der Waals surface area contributed by atoms with Crippen LogP contribution in [-0.2, 0) is 29.4 Å². The van der Waals surface area contributed by atoms with Crippen molar-refractivity contribution in [2.75, 3.05) is 19.5 Å². The molecule has 28 heavy (non-hydrogen) atoms. The summed E-state index contributed by atoms with van der Waals surface area (Å²) in [6, 6.07) is 9.34. The molecule has 0 N–H and O–H groups in total. The molecule has 1 aliphatic heterocycles. The number of alkyl halides is 1. The van der Waals surface area contributed by atoms with Crippen LogP contribution >= 0.6 is 15.9 Å². The van der Waals surface area contributed by atoms with E-state index in [0.717, 1.165) is 31.2 Å². The van der Waals surface area contributed by atoms with Gasteiger partial charge >= 0.3 is 11.9 Å². The average molecular weight is 450 g/mol. The number of hydrogen-bond acceptors (Lipinski definition) is 6. The van der Waals surface area contributed by atoms with Gasteiger partial charge in [-0.05, 0) is 12.8 Å². The van der Waals surface area contributed by atoms with E-state index in [1.165, 1.54) is 20.6 Å². The van der Waals surface area contributed by atoms with E-state index in [1.54, 1.807) is 0 Å². The molecule has 1 aromatic carbocycles. The summed E-state index contributed by atoms with van der Waals surface area (Å²) in [6.07, 6.45) is 5.23.